The summed E-state index contributed by atoms with van der Waals surface area (Å²) < 4.78 is 0.834. The summed E-state index contributed by atoms with van der Waals surface area (Å²) in [6.07, 6.45) is 3.81. The summed E-state index contributed by atoms with van der Waals surface area (Å²) in [6, 6.07) is 0. The minimum atomic E-state index is 0. The van der Waals surface area contributed by atoms with Crippen molar-refractivity contribution in [3.63, 3.8) is 0 Å². The maximum absolute atomic E-state index is 5.90. The van der Waals surface area contributed by atoms with Crippen molar-refractivity contribution in [2.45, 2.75) is 26.3 Å². The Morgan fingerprint density at radius 3 is 2.38 bits per heavy atom. The Morgan fingerprint density at radius 2 is 1.94 bits per heavy atom. The van der Waals surface area contributed by atoms with Gasteiger partial charge >= 0.3 is 0 Å². The summed E-state index contributed by atoms with van der Waals surface area (Å²) in [5, 5.41) is 0. The quantitative estimate of drug-likeness (QED) is 0.523. The lowest BCUT2D eigenvalue weighted by Gasteiger charge is -2.24. The third kappa shape index (κ3) is 5.07. The van der Waals surface area contributed by atoms with Gasteiger partial charge in [-0.25, -0.2) is 9.97 Å². The highest BCUT2D eigenvalue weighted by Gasteiger charge is 2.12. The Balaban J connectivity index is 0.00000225. The van der Waals surface area contributed by atoms with Crippen molar-refractivity contribution >= 4 is 5.82 Å². The van der Waals surface area contributed by atoms with E-state index >= 15 is 0 Å². The van der Waals surface area contributed by atoms with Crippen molar-refractivity contribution in [2.75, 3.05) is 26.9 Å². The van der Waals surface area contributed by atoms with Gasteiger partial charge in [0.1, 0.15) is 18.2 Å². The first-order valence-electron chi connectivity index (χ1n) is 5.33. The molecule has 0 fully saturated rings. The highest BCUT2D eigenvalue weighted by atomic mass is 127. The molecule has 0 radical (unpaired) electrons. The Labute approximate surface area is 115 Å². The van der Waals surface area contributed by atoms with E-state index in [2.05, 4.69) is 38.0 Å². The molecule has 1 aromatic heterocycles. The average Bonchev–Trinajstić information content (AvgIpc) is 2.08. The highest BCUT2D eigenvalue weighted by Crippen LogP contribution is 2.12. The van der Waals surface area contributed by atoms with Crippen molar-refractivity contribution in [1.29, 1.82) is 0 Å². The molecule has 1 heterocycles. The van der Waals surface area contributed by atoms with E-state index in [1.165, 1.54) is 0 Å². The van der Waals surface area contributed by atoms with Crippen LogP contribution in [0.2, 0.25) is 0 Å². The predicted molar refractivity (Wildman–Crippen MR) is 62.2 cm³/mol. The Morgan fingerprint density at radius 1 is 1.31 bits per heavy atom. The number of quaternary nitrogens is 1. The third-order valence-corrected chi connectivity index (χ3v) is 2.07. The van der Waals surface area contributed by atoms with Crippen molar-refractivity contribution in [2.24, 2.45) is 0 Å². The van der Waals surface area contributed by atoms with Crippen LogP contribution in [0.25, 0.3) is 0 Å². The molecule has 0 unspecified atom stereocenters. The zero-order valence-corrected chi connectivity index (χ0v) is 12.7. The molecular formula is C11H21IN4. The number of anilines is 1. The van der Waals surface area contributed by atoms with Gasteiger partial charge in [0.25, 0.3) is 0 Å². The lowest BCUT2D eigenvalue weighted by atomic mass is 10.2. The summed E-state index contributed by atoms with van der Waals surface area (Å²) in [4.78, 5) is 8.62. The van der Waals surface area contributed by atoms with E-state index in [4.69, 9.17) is 5.73 Å². The molecule has 0 spiro atoms. The molecule has 1 rings (SSSR count). The molecule has 2 N–H and O–H groups in total. The van der Waals surface area contributed by atoms with Crippen LogP contribution in [-0.4, -0.2) is 35.6 Å². The number of nitrogens with zero attached hydrogens (tertiary/aromatic N) is 3. The van der Waals surface area contributed by atoms with Crippen molar-refractivity contribution in [3.8, 4) is 0 Å². The molecule has 0 aliphatic heterocycles. The van der Waals surface area contributed by atoms with E-state index in [1.54, 1.807) is 0 Å². The van der Waals surface area contributed by atoms with E-state index in [0.29, 0.717) is 5.82 Å². The molecule has 0 atom stereocenters. The van der Waals surface area contributed by atoms with Crippen LogP contribution in [0.15, 0.2) is 6.20 Å². The minimum Gasteiger partial charge on any atom is -1.00 e. The Bertz CT molecular complexity index is 333. The summed E-state index contributed by atoms with van der Waals surface area (Å²) >= 11 is 0. The number of halogens is 1. The largest absolute Gasteiger partial charge is 1.00 e. The zero-order chi connectivity index (χ0) is 11.5. The standard InChI is InChI=1S/C11H21N4.HI/c1-5-6-10-13-7-9(11(12)14-10)8-15(2,3)4;/h7H,5-6,8H2,1-4H3,(H2,12,13,14);1H/q+1;/p-1. The molecule has 0 aliphatic carbocycles. The Hall–Kier alpha value is -0.430. The van der Waals surface area contributed by atoms with Gasteiger partial charge in [0, 0.05) is 12.6 Å². The number of hydrogen-bond acceptors (Lipinski definition) is 3. The topological polar surface area (TPSA) is 51.8 Å². The van der Waals surface area contributed by atoms with E-state index in [1.807, 2.05) is 6.20 Å². The fraction of sp³-hybridized carbons (Fsp3) is 0.636. The van der Waals surface area contributed by atoms with Crippen LogP contribution in [0.3, 0.4) is 0 Å². The van der Waals surface area contributed by atoms with Crippen LogP contribution in [0, 0.1) is 0 Å². The molecule has 0 bridgehead atoms. The van der Waals surface area contributed by atoms with Crippen LogP contribution in [0.5, 0.6) is 0 Å². The number of aryl methyl sites for hydroxylation is 1. The van der Waals surface area contributed by atoms with Crippen LogP contribution >= 0.6 is 0 Å². The number of hydrogen-bond donors (Lipinski definition) is 1. The molecule has 0 aromatic carbocycles. The SMILES string of the molecule is CCCc1ncc(C[N+](C)(C)C)c(N)n1.[I-]. The average molecular weight is 336 g/mol. The van der Waals surface area contributed by atoms with Crippen molar-refractivity contribution < 1.29 is 28.5 Å². The van der Waals surface area contributed by atoms with E-state index in [9.17, 15) is 0 Å². The first-order valence-corrected chi connectivity index (χ1v) is 5.33. The maximum atomic E-state index is 5.90. The van der Waals surface area contributed by atoms with Crippen LogP contribution < -0.4 is 29.7 Å². The lowest BCUT2D eigenvalue weighted by Crippen LogP contribution is -3.00. The van der Waals surface area contributed by atoms with E-state index in [-0.39, 0.29) is 24.0 Å². The third-order valence-electron chi connectivity index (χ3n) is 2.07. The second kappa shape index (κ2) is 6.34. The second-order valence-electron chi connectivity index (χ2n) is 4.90. The molecule has 16 heavy (non-hydrogen) atoms. The minimum absolute atomic E-state index is 0. The first kappa shape index (κ1) is 15.6. The highest BCUT2D eigenvalue weighted by molar-refractivity contribution is 5.36. The molecular weight excluding hydrogens is 315 g/mol. The normalized spacial score (nSPS) is 11.0. The van der Waals surface area contributed by atoms with Crippen LogP contribution in [0.1, 0.15) is 24.7 Å². The summed E-state index contributed by atoms with van der Waals surface area (Å²) in [6.45, 7) is 2.97. The van der Waals surface area contributed by atoms with Gasteiger partial charge in [-0.3, -0.25) is 0 Å². The molecule has 5 heteroatoms. The first-order chi connectivity index (χ1) is 6.92. The Kier molecular flexibility index (Phi) is 6.17. The number of rotatable bonds is 4. The second-order valence-corrected chi connectivity index (χ2v) is 4.90. The van der Waals surface area contributed by atoms with Gasteiger partial charge in [0.2, 0.25) is 0 Å². The number of aromatic nitrogens is 2. The molecule has 0 aliphatic rings. The van der Waals surface area contributed by atoms with Gasteiger partial charge in [-0.05, 0) is 6.42 Å². The fourth-order valence-corrected chi connectivity index (χ4v) is 1.44. The molecule has 0 saturated heterocycles. The van der Waals surface area contributed by atoms with Gasteiger partial charge in [-0.2, -0.15) is 0 Å². The molecule has 1 aromatic rings. The lowest BCUT2D eigenvalue weighted by molar-refractivity contribution is -0.883. The predicted octanol–water partition coefficient (Wildman–Crippen LogP) is -1.78. The summed E-state index contributed by atoms with van der Waals surface area (Å²) in [5.74, 6) is 1.47. The molecule has 0 amide bonds. The molecule has 0 saturated carbocycles. The maximum Gasteiger partial charge on any atom is 0.136 e. The van der Waals surface area contributed by atoms with E-state index in [0.717, 1.165) is 35.3 Å². The van der Waals surface area contributed by atoms with Crippen LogP contribution in [-0.2, 0) is 13.0 Å². The van der Waals surface area contributed by atoms with Crippen molar-refractivity contribution in [1.82, 2.24) is 9.97 Å². The van der Waals surface area contributed by atoms with Crippen LogP contribution in [0.4, 0.5) is 5.82 Å². The van der Waals surface area contributed by atoms with Gasteiger partial charge < -0.3 is 34.2 Å². The zero-order valence-electron chi connectivity index (χ0n) is 10.5. The molecule has 4 nitrogen and oxygen atoms in total. The number of nitrogens with two attached hydrogens (primary N) is 1. The summed E-state index contributed by atoms with van der Waals surface area (Å²) in [7, 11) is 6.37. The van der Waals surface area contributed by atoms with Gasteiger partial charge in [0.15, 0.2) is 0 Å². The summed E-state index contributed by atoms with van der Waals surface area (Å²) in [5.41, 5.74) is 6.93. The molecule has 92 valence electrons. The van der Waals surface area contributed by atoms with Gasteiger partial charge in [-0.1, -0.05) is 6.92 Å². The fourth-order valence-electron chi connectivity index (χ4n) is 1.44. The van der Waals surface area contributed by atoms with E-state index < -0.39 is 0 Å². The number of nitrogen functional groups attached to an aromatic ring is 1. The van der Waals surface area contributed by atoms with Gasteiger partial charge in [-0.15, -0.1) is 0 Å². The monoisotopic (exact) mass is 336 g/mol. The van der Waals surface area contributed by atoms with Gasteiger partial charge in [0.05, 0.1) is 26.7 Å². The smallest absolute Gasteiger partial charge is 0.136 e. The van der Waals surface area contributed by atoms with Crippen molar-refractivity contribution in [3.05, 3.63) is 17.6 Å².